The average molecular weight is 450 g/mol. The van der Waals surface area contributed by atoms with Crippen LogP contribution in [-0.2, 0) is 28.4 Å². The molecule has 0 saturated heterocycles. The van der Waals surface area contributed by atoms with Gasteiger partial charge in [-0.05, 0) is 52.9 Å². The molecule has 164 valence electrons. The van der Waals surface area contributed by atoms with Crippen LogP contribution in [0.1, 0.15) is 37.5 Å². The molecular weight excluding hydrogens is 418 g/mol. The van der Waals surface area contributed by atoms with Gasteiger partial charge in [0.2, 0.25) is 10.0 Å². The lowest BCUT2D eigenvalue weighted by Gasteiger charge is -2.19. The molecule has 0 aliphatic carbocycles. The quantitative estimate of drug-likeness (QED) is 0.535. The van der Waals surface area contributed by atoms with Gasteiger partial charge in [0, 0.05) is 13.1 Å². The molecule has 2 aromatic carbocycles. The maximum Gasteiger partial charge on any atom is 0.229 e. The van der Waals surface area contributed by atoms with Crippen molar-refractivity contribution < 1.29 is 13.2 Å². The third kappa shape index (κ3) is 7.84. The number of sulfonamides is 1. The van der Waals surface area contributed by atoms with E-state index in [9.17, 15) is 8.42 Å². The Morgan fingerprint density at radius 2 is 1.67 bits per heavy atom. The summed E-state index contributed by atoms with van der Waals surface area (Å²) in [5, 5.41) is 7.01. The lowest BCUT2D eigenvalue weighted by molar-refractivity contribution is 0.416. The number of thiocarbonyl (C=S) groups is 1. The highest BCUT2D eigenvalue weighted by atomic mass is 32.2. The number of methoxy groups -OCH3 is 1. The van der Waals surface area contributed by atoms with E-state index in [1.54, 1.807) is 6.07 Å². The van der Waals surface area contributed by atoms with Gasteiger partial charge in [-0.25, -0.2) is 8.42 Å². The SMILES string of the molecule is COc1cc(CCNC(=S)NCc2ccc(C(C)(C)C)cc2)ccc1NS(C)(=O)=O. The van der Waals surface area contributed by atoms with E-state index in [0.717, 1.165) is 18.2 Å². The summed E-state index contributed by atoms with van der Waals surface area (Å²) in [7, 11) is -1.85. The largest absolute Gasteiger partial charge is 0.495 e. The summed E-state index contributed by atoms with van der Waals surface area (Å²) in [6.45, 7) is 7.91. The Morgan fingerprint density at radius 3 is 2.23 bits per heavy atom. The second-order valence-electron chi connectivity index (χ2n) is 8.22. The number of ether oxygens (including phenoxy) is 1. The zero-order valence-corrected chi connectivity index (χ0v) is 19.8. The second kappa shape index (κ2) is 10.1. The monoisotopic (exact) mass is 449 g/mol. The molecule has 2 aromatic rings. The number of hydrogen-bond donors (Lipinski definition) is 3. The van der Waals surface area contributed by atoms with Crippen molar-refractivity contribution >= 4 is 33.0 Å². The van der Waals surface area contributed by atoms with Crippen molar-refractivity contribution in [3.63, 3.8) is 0 Å². The van der Waals surface area contributed by atoms with Crippen LogP contribution in [-0.4, -0.2) is 33.4 Å². The molecule has 6 nitrogen and oxygen atoms in total. The Bertz CT molecular complexity index is 966. The van der Waals surface area contributed by atoms with Crippen LogP contribution in [0.15, 0.2) is 42.5 Å². The fourth-order valence-corrected chi connectivity index (χ4v) is 3.61. The van der Waals surface area contributed by atoms with Crippen LogP contribution in [0.5, 0.6) is 5.75 Å². The zero-order valence-electron chi connectivity index (χ0n) is 18.2. The Hall–Kier alpha value is -2.32. The molecule has 0 saturated carbocycles. The predicted molar refractivity (Wildman–Crippen MR) is 128 cm³/mol. The molecule has 0 amide bonds. The summed E-state index contributed by atoms with van der Waals surface area (Å²) in [6.07, 6.45) is 1.83. The summed E-state index contributed by atoms with van der Waals surface area (Å²) in [5.41, 5.74) is 4.06. The van der Waals surface area contributed by atoms with Crippen LogP contribution in [0.2, 0.25) is 0 Å². The number of benzene rings is 2. The summed E-state index contributed by atoms with van der Waals surface area (Å²) < 4.78 is 30.6. The predicted octanol–water partition coefficient (Wildman–Crippen LogP) is 3.57. The molecule has 0 heterocycles. The van der Waals surface area contributed by atoms with Crippen molar-refractivity contribution in [3.05, 3.63) is 59.2 Å². The van der Waals surface area contributed by atoms with Gasteiger partial charge < -0.3 is 15.4 Å². The summed E-state index contributed by atoms with van der Waals surface area (Å²) >= 11 is 5.36. The summed E-state index contributed by atoms with van der Waals surface area (Å²) in [4.78, 5) is 0. The van der Waals surface area contributed by atoms with Crippen LogP contribution in [0.25, 0.3) is 0 Å². The molecule has 30 heavy (non-hydrogen) atoms. The van der Waals surface area contributed by atoms with Crippen LogP contribution < -0.4 is 20.1 Å². The first kappa shape index (κ1) is 24.0. The molecule has 0 radical (unpaired) electrons. The fraction of sp³-hybridized carbons (Fsp3) is 0.409. The lowest BCUT2D eigenvalue weighted by atomic mass is 9.87. The molecule has 0 aliphatic heterocycles. The fourth-order valence-electron chi connectivity index (χ4n) is 2.86. The number of anilines is 1. The normalized spacial score (nSPS) is 11.6. The van der Waals surface area contributed by atoms with Crippen LogP contribution >= 0.6 is 12.2 Å². The van der Waals surface area contributed by atoms with Crippen LogP contribution in [0, 0.1) is 0 Å². The average Bonchev–Trinajstić information content (AvgIpc) is 2.66. The van der Waals surface area contributed by atoms with Crippen LogP contribution in [0.3, 0.4) is 0 Å². The first-order valence-electron chi connectivity index (χ1n) is 9.74. The highest BCUT2D eigenvalue weighted by Gasteiger charge is 2.13. The van der Waals surface area contributed by atoms with E-state index in [2.05, 4.69) is 60.4 Å². The van der Waals surface area contributed by atoms with E-state index >= 15 is 0 Å². The molecular formula is C22H31N3O3S2. The van der Waals surface area contributed by atoms with Gasteiger partial charge in [0.15, 0.2) is 5.11 Å². The van der Waals surface area contributed by atoms with E-state index in [4.69, 9.17) is 17.0 Å². The molecule has 0 atom stereocenters. The third-order valence-electron chi connectivity index (χ3n) is 4.53. The van der Waals surface area contributed by atoms with Crippen molar-refractivity contribution in [2.24, 2.45) is 0 Å². The Kier molecular flexibility index (Phi) is 8.09. The smallest absolute Gasteiger partial charge is 0.229 e. The second-order valence-corrected chi connectivity index (χ2v) is 10.4. The minimum Gasteiger partial charge on any atom is -0.495 e. The highest BCUT2D eigenvalue weighted by molar-refractivity contribution is 7.92. The maximum atomic E-state index is 11.4. The molecule has 0 unspecified atom stereocenters. The highest BCUT2D eigenvalue weighted by Crippen LogP contribution is 2.26. The number of rotatable bonds is 8. The van der Waals surface area contributed by atoms with Gasteiger partial charge >= 0.3 is 0 Å². The van der Waals surface area contributed by atoms with Crippen molar-refractivity contribution in [3.8, 4) is 5.75 Å². The van der Waals surface area contributed by atoms with E-state index in [1.807, 2.05) is 12.1 Å². The number of hydrogen-bond acceptors (Lipinski definition) is 4. The molecule has 3 N–H and O–H groups in total. The minimum atomic E-state index is -3.36. The van der Waals surface area contributed by atoms with E-state index in [0.29, 0.717) is 29.6 Å². The van der Waals surface area contributed by atoms with Gasteiger partial charge in [0.1, 0.15) is 5.75 Å². The van der Waals surface area contributed by atoms with E-state index in [1.165, 1.54) is 18.2 Å². The minimum absolute atomic E-state index is 0.143. The van der Waals surface area contributed by atoms with Gasteiger partial charge in [-0.15, -0.1) is 0 Å². The molecule has 2 rings (SSSR count). The molecule has 0 fully saturated rings. The Balaban J connectivity index is 1.81. The van der Waals surface area contributed by atoms with Crippen molar-refractivity contribution in [1.82, 2.24) is 10.6 Å². The zero-order chi connectivity index (χ0) is 22.4. The van der Waals surface area contributed by atoms with Crippen LogP contribution in [0.4, 0.5) is 5.69 Å². The van der Waals surface area contributed by atoms with Crippen molar-refractivity contribution in [2.75, 3.05) is 24.6 Å². The first-order chi connectivity index (χ1) is 14.0. The molecule has 8 heteroatoms. The standard InChI is InChI=1S/C22H31N3O3S2/c1-22(2,3)18-9-6-17(7-10-18)15-24-21(29)23-13-12-16-8-11-19(20(14-16)28-4)25-30(5,26)27/h6-11,14,25H,12-13,15H2,1-5H3,(H2,23,24,29). The Labute approximate surface area is 185 Å². The number of nitrogens with one attached hydrogen (secondary N) is 3. The summed E-state index contributed by atoms with van der Waals surface area (Å²) in [6, 6.07) is 13.9. The molecule has 0 spiro atoms. The maximum absolute atomic E-state index is 11.4. The van der Waals surface area contributed by atoms with Gasteiger partial charge in [0.25, 0.3) is 0 Å². The van der Waals surface area contributed by atoms with E-state index in [-0.39, 0.29) is 5.41 Å². The third-order valence-corrected chi connectivity index (χ3v) is 5.41. The summed E-state index contributed by atoms with van der Waals surface area (Å²) in [5.74, 6) is 0.484. The lowest BCUT2D eigenvalue weighted by Crippen LogP contribution is -2.35. The molecule has 0 bridgehead atoms. The van der Waals surface area contributed by atoms with E-state index < -0.39 is 10.0 Å². The van der Waals surface area contributed by atoms with Gasteiger partial charge in [-0.1, -0.05) is 51.1 Å². The topological polar surface area (TPSA) is 79.5 Å². The van der Waals surface area contributed by atoms with Gasteiger partial charge in [-0.3, -0.25) is 4.72 Å². The van der Waals surface area contributed by atoms with Crippen molar-refractivity contribution in [1.29, 1.82) is 0 Å². The first-order valence-corrected chi connectivity index (χ1v) is 12.0. The molecule has 0 aliphatic rings. The molecule has 0 aromatic heterocycles. The van der Waals surface area contributed by atoms with Gasteiger partial charge in [-0.2, -0.15) is 0 Å². The van der Waals surface area contributed by atoms with Crippen molar-refractivity contribution in [2.45, 2.75) is 39.2 Å². The Morgan fingerprint density at radius 1 is 1.03 bits per heavy atom. The van der Waals surface area contributed by atoms with Gasteiger partial charge in [0.05, 0.1) is 19.1 Å².